The van der Waals surface area contributed by atoms with Crippen LogP contribution in [0.25, 0.3) is 0 Å². The van der Waals surface area contributed by atoms with Gasteiger partial charge in [-0.3, -0.25) is 14.9 Å². The third-order valence-corrected chi connectivity index (χ3v) is 14.7. The highest BCUT2D eigenvalue weighted by atomic mass is 16.5. The monoisotopic (exact) mass is 593 g/mol. The van der Waals surface area contributed by atoms with Crippen LogP contribution in [0.1, 0.15) is 126 Å². The zero-order valence-corrected chi connectivity index (χ0v) is 27.9. The number of nitrogens with one attached hydrogen (secondary N) is 2. The Morgan fingerprint density at radius 1 is 1.00 bits per heavy atom. The van der Waals surface area contributed by atoms with Crippen molar-refractivity contribution < 1.29 is 14.3 Å². The highest BCUT2D eigenvalue weighted by molar-refractivity contribution is 5.94. The molecule has 1 aromatic rings. The van der Waals surface area contributed by atoms with Crippen LogP contribution in [0.3, 0.4) is 0 Å². The Morgan fingerprint density at radius 3 is 2.47 bits per heavy atom. The van der Waals surface area contributed by atoms with E-state index in [1.54, 1.807) is 5.57 Å². The minimum absolute atomic E-state index is 0.00291. The molecule has 0 radical (unpaired) electrons. The number of ether oxygens (including phenoxy) is 1. The van der Waals surface area contributed by atoms with E-state index in [1.807, 2.05) is 6.92 Å². The first kappa shape index (κ1) is 30.8. The number of nitrogens with zero attached hydrogens (tertiary/aromatic N) is 3. The maximum Gasteiger partial charge on any atom is 0.306 e. The Bertz CT molecular complexity index is 1280. The fraction of sp³-hybridized carbons (Fsp3) is 0.857. The first-order chi connectivity index (χ1) is 20.2. The summed E-state index contributed by atoms with van der Waals surface area (Å²) in [5, 5.41) is 17.3. The van der Waals surface area contributed by atoms with Crippen molar-refractivity contribution in [1.29, 1.82) is 0 Å². The highest BCUT2D eigenvalue weighted by Crippen LogP contribution is 2.76. The predicted octanol–water partition coefficient (Wildman–Crippen LogP) is 7.51. The van der Waals surface area contributed by atoms with Crippen molar-refractivity contribution in [2.24, 2.45) is 56.7 Å². The summed E-state index contributed by atoms with van der Waals surface area (Å²) in [6.07, 6.45) is 13.4. The number of amides is 1. The number of anilines is 1. The normalized spacial score (nSPS) is 45.0. The van der Waals surface area contributed by atoms with Crippen molar-refractivity contribution in [2.45, 2.75) is 132 Å². The molecule has 1 aromatic heterocycles. The molecule has 6 rings (SSSR count). The lowest BCUT2D eigenvalue weighted by molar-refractivity contribution is -0.213. The van der Waals surface area contributed by atoms with Gasteiger partial charge in [-0.05, 0) is 115 Å². The third kappa shape index (κ3) is 4.30. The van der Waals surface area contributed by atoms with E-state index in [0.29, 0.717) is 30.1 Å². The van der Waals surface area contributed by atoms with Gasteiger partial charge in [-0.25, -0.2) is 0 Å². The summed E-state index contributed by atoms with van der Waals surface area (Å²) in [5.74, 6) is 2.61. The second-order valence-electron chi connectivity index (χ2n) is 16.6. The minimum Gasteiger partial charge on any atom is -0.462 e. The van der Waals surface area contributed by atoms with Crippen molar-refractivity contribution in [3.63, 3.8) is 0 Å². The van der Waals surface area contributed by atoms with Crippen LogP contribution in [0.2, 0.25) is 0 Å². The lowest BCUT2D eigenvalue weighted by atomic mass is 9.33. The molecule has 238 valence electrons. The van der Waals surface area contributed by atoms with Crippen LogP contribution in [-0.4, -0.2) is 38.6 Å². The number of fused-ring (bicyclic) bond motifs is 7. The summed E-state index contributed by atoms with van der Waals surface area (Å²) < 4.78 is 6.16. The molecule has 0 spiro atoms. The molecule has 2 N–H and O–H groups in total. The van der Waals surface area contributed by atoms with E-state index in [1.165, 1.54) is 12.8 Å². The molecule has 0 aliphatic heterocycles. The van der Waals surface area contributed by atoms with Crippen LogP contribution in [0.5, 0.6) is 0 Å². The lowest BCUT2D eigenvalue weighted by Crippen LogP contribution is -2.65. The second-order valence-corrected chi connectivity index (χ2v) is 16.6. The fourth-order valence-corrected chi connectivity index (χ4v) is 11.9. The largest absolute Gasteiger partial charge is 0.462 e. The molecule has 43 heavy (non-hydrogen) atoms. The Balaban J connectivity index is 1.35. The lowest BCUT2D eigenvalue weighted by Gasteiger charge is -2.71. The van der Waals surface area contributed by atoms with Gasteiger partial charge >= 0.3 is 5.97 Å². The van der Waals surface area contributed by atoms with Gasteiger partial charge in [0.25, 0.3) is 5.95 Å². The van der Waals surface area contributed by atoms with E-state index in [4.69, 9.17) is 4.74 Å². The van der Waals surface area contributed by atoms with E-state index in [0.717, 1.165) is 51.4 Å². The van der Waals surface area contributed by atoms with Gasteiger partial charge in [0.15, 0.2) is 0 Å². The number of tetrazole rings is 1. The molecular weight excluding hydrogens is 538 g/mol. The van der Waals surface area contributed by atoms with Crippen LogP contribution < -0.4 is 5.32 Å². The first-order valence-corrected chi connectivity index (χ1v) is 17.2. The number of allylic oxidation sites excluding steroid dienone is 2. The summed E-state index contributed by atoms with van der Waals surface area (Å²) in [6.45, 7) is 19.3. The average Bonchev–Trinajstić information content (AvgIpc) is 3.46. The quantitative estimate of drug-likeness (QED) is 0.270. The average molecular weight is 594 g/mol. The second kappa shape index (κ2) is 10.4. The summed E-state index contributed by atoms with van der Waals surface area (Å²) in [6, 6.07) is 0. The van der Waals surface area contributed by atoms with E-state index in [-0.39, 0.29) is 51.5 Å². The number of rotatable bonds is 5. The molecule has 4 fully saturated rings. The van der Waals surface area contributed by atoms with Gasteiger partial charge in [-0.2, -0.15) is 5.21 Å². The molecule has 0 aromatic carbocycles. The topological polar surface area (TPSA) is 110 Å². The van der Waals surface area contributed by atoms with Crippen LogP contribution in [0, 0.1) is 56.7 Å². The van der Waals surface area contributed by atoms with Crippen LogP contribution >= 0.6 is 0 Å². The molecule has 0 unspecified atom stereocenters. The molecule has 1 amide bonds. The van der Waals surface area contributed by atoms with Crippen molar-refractivity contribution in [3.8, 4) is 0 Å². The number of H-pyrrole nitrogens is 1. The highest BCUT2D eigenvalue weighted by Gasteiger charge is 2.69. The maximum atomic E-state index is 14.2. The number of aromatic nitrogens is 4. The SMILES string of the molecule is CCCC(=O)O[C@H]1CC[C@]2(C)[C@H]3CC=C4[C@@H]5[C@@H](C)[C@H](C)CC[C@]5(C(=O)Nc5nn[nH]n5)CC[C@@]4(C)[C@]3(C)CC[C@H]2C1(C)C. The van der Waals surface area contributed by atoms with Crippen molar-refractivity contribution in [3.05, 3.63) is 11.6 Å². The Hall–Kier alpha value is -2.25. The molecule has 0 saturated heterocycles. The van der Waals surface area contributed by atoms with Crippen molar-refractivity contribution in [1.82, 2.24) is 20.6 Å². The summed E-state index contributed by atoms with van der Waals surface area (Å²) >= 11 is 0. The number of hydrogen-bond donors (Lipinski definition) is 2. The van der Waals surface area contributed by atoms with Gasteiger partial charge in [0.1, 0.15) is 6.10 Å². The molecule has 1 heterocycles. The molecule has 10 atom stereocenters. The molecule has 4 saturated carbocycles. The van der Waals surface area contributed by atoms with Crippen molar-refractivity contribution >= 4 is 17.8 Å². The molecule has 5 aliphatic rings. The number of carbonyl (C=O) groups is 2. The summed E-state index contributed by atoms with van der Waals surface area (Å²) in [4.78, 5) is 26.8. The van der Waals surface area contributed by atoms with Gasteiger partial charge < -0.3 is 4.74 Å². The smallest absolute Gasteiger partial charge is 0.306 e. The molecule has 8 heteroatoms. The summed E-state index contributed by atoms with van der Waals surface area (Å²) in [5.41, 5.74) is 1.45. The summed E-state index contributed by atoms with van der Waals surface area (Å²) in [7, 11) is 0. The fourth-order valence-electron chi connectivity index (χ4n) is 11.9. The number of aromatic amines is 1. The van der Waals surface area contributed by atoms with Gasteiger partial charge in [-0.1, -0.05) is 72.1 Å². The van der Waals surface area contributed by atoms with Crippen LogP contribution in [0.15, 0.2) is 11.6 Å². The van der Waals surface area contributed by atoms with E-state index >= 15 is 0 Å². The van der Waals surface area contributed by atoms with Gasteiger partial charge in [0.05, 0.1) is 5.41 Å². The third-order valence-electron chi connectivity index (χ3n) is 14.7. The van der Waals surface area contributed by atoms with E-state index < -0.39 is 5.41 Å². The number of hydrogen-bond acceptors (Lipinski definition) is 6. The van der Waals surface area contributed by atoms with Crippen molar-refractivity contribution in [2.75, 3.05) is 5.32 Å². The number of esters is 1. The molecule has 8 nitrogen and oxygen atoms in total. The van der Waals surface area contributed by atoms with E-state index in [2.05, 4.69) is 80.5 Å². The Kier molecular flexibility index (Phi) is 7.44. The molecule has 0 bridgehead atoms. The molecule has 5 aliphatic carbocycles. The number of carbonyl (C=O) groups excluding carboxylic acids is 2. The zero-order chi connectivity index (χ0) is 31.0. The zero-order valence-electron chi connectivity index (χ0n) is 27.9. The van der Waals surface area contributed by atoms with E-state index in [9.17, 15) is 9.59 Å². The maximum absolute atomic E-state index is 14.2. The van der Waals surface area contributed by atoms with Gasteiger partial charge in [0.2, 0.25) is 5.91 Å². The minimum atomic E-state index is -0.440. The van der Waals surface area contributed by atoms with Crippen LogP contribution in [0.4, 0.5) is 5.95 Å². The first-order valence-electron chi connectivity index (χ1n) is 17.2. The Morgan fingerprint density at radius 2 is 1.77 bits per heavy atom. The molecular formula is C35H55N5O3. The van der Waals surface area contributed by atoms with Crippen LogP contribution in [-0.2, 0) is 14.3 Å². The van der Waals surface area contributed by atoms with Gasteiger partial charge in [0, 0.05) is 11.8 Å². The predicted molar refractivity (Wildman–Crippen MR) is 167 cm³/mol. The Labute approximate surface area is 258 Å². The van der Waals surface area contributed by atoms with Gasteiger partial charge in [-0.15, -0.1) is 5.10 Å². The standard InChI is InChI=1S/C35H55N5O3/c1-9-10-27(41)43-26-15-16-32(6)24(31(26,4)5)14-17-34(8)25(32)12-11-23-28-22(3)21(2)13-18-35(28,20-19-33(23,34)7)29(42)36-30-37-39-40-38-30/h11,21-22,24-26,28H,9-10,12-20H2,1-8H3,(H2,36,37,38,39,40,42)/t21-,22+,24+,25-,26+,28+,32+,33-,34-,35+/m1/s1.